The van der Waals surface area contributed by atoms with Crippen molar-refractivity contribution in [1.82, 2.24) is 0 Å². The van der Waals surface area contributed by atoms with Gasteiger partial charge in [0.15, 0.2) is 0 Å². The summed E-state index contributed by atoms with van der Waals surface area (Å²) in [5.74, 6) is -1.12. The molecule has 0 spiro atoms. The van der Waals surface area contributed by atoms with Crippen LogP contribution in [0.4, 0.5) is 4.39 Å². The Hall–Kier alpha value is -1.06. The van der Waals surface area contributed by atoms with Crippen molar-refractivity contribution in [3.63, 3.8) is 0 Å². The van der Waals surface area contributed by atoms with Gasteiger partial charge in [0.2, 0.25) is 0 Å². The van der Waals surface area contributed by atoms with Gasteiger partial charge in [0.25, 0.3) is 0 Å². The van der Waals surface area contributed by atoms with Gasteiger partial charge < -0.3 is 4.74 Å². The predicted octanol–water partition coefficient (Wildman–Crippen LogP) is 3.71. The largest absolute Gasteiger partial charge is 0.463 e. The van der Waals surface area contributed by atoms with Gasteiger partial charge in [0, 0.05) is 6.08 Å². The molecule has 0 fully saturated rings. The van der Waals surface area contributed by atoms with Crippen LogP contribution in [0.5, 0.6) is 0 Å². The molecule has 0 saturated heterocycles. The predicted molar refractivity (Wildman–Crippen MR) is 62.1 cm³/mol. The Morgan fingerprint density at radius 2 is 2.19 bits per heavy atom. The minimum Gasteiger partial charge on any atom is -0.463 e. The van der Waals surface area contributed by atoms with Crippen LogP contribution in [0.2, 0.25) is 10.0 Å². The normalized spacial score (nSPS) is 10.8. The van der Waals surface area contributed by atoms with Gasteiger partial charge in [0.05, 0.1) is 16.7 Å². The molecule has 0 aromatic heterocycles. The summed E-state index contributed by atoms with van der Waals surface area (Å²) < 4.78 is 17.8. The second-order valence-electron chi connectivity index (χ2n) is 2.88. The van der Waals surface area contributed by atoms with Crippen LogP contribution < -0.4 is 0 Å². The Bertz CT molecular complexity index is 407. The minimum absolute atomic E-state index is 0.102. The quantitative estimate of drug-likeness (QED) is 0.472. The summed E-state index contributed by atoms with van der Waals surface area (Å²) in [6, 6.07) is 2.65. The van der Waals surface area contributed by atoms with Crippen molar-refractivity contribution in [2.45, 2.75) is 6.92 Å². The maximum atomic E-state index is 13.1. The molecule has 86 valence electrons. The molecule has 2 nitrogen and oxygen atoms in total. The fraction of sp³-hybridized carbons (Fsp3) is 0.182. The Morgan fingerprint density at radius 1 is 1.50 bits per heavy atom. The van der Waals surface area contributed by atoms with Gasteiger partial charge in [-0.05, 0) is 30.7 Å². The van der Waals surface area contributed by atoms with Crippen LogP contribution in [0.1, 0.15) is 12.5 Å². The van der Waals surface area contributed by atoms with Crippen molar-refractivity contribution >= 4 is 35.2 Å². The van der Waals surface area contributed by atoms with Gasteiger partial charge in [-0.3, -0.25) is 0 Å². The summed E-state index contributed by atoms with van der Waals surface area (Å²) in [5.41, 5.74) is 0.444. The highest BCUT2D eigenvalue weighted by atomic mass is 35.5. The van der Waals surface area contributed by atoms with Crippen LogP contribution in [-0.2, 0) is 9.53 Å². The first-order valence-corrected chi connectivity index (χ1v) is 5.29. The van der Waals surface area contributed by atoms with Crippen LogP contribution in [0.3, 0.4) is 0 Å². The molecule has 0 radical (unpaired) electrons. The van der Waals surface area contributed by atoms with Gasteiger partial charge in [-0.25, -0.2) is 9.18 Å². The number of hydrogen-bond acceptors (Lipinski definition) is 2. The highest BCUT2D eigenvalue weighted by Crippen LogP contribution is 2.26. The maximum absolute atomic E-state index is 13.1. The zero-order valence-electron chi connectivity index (χ0n) is 8.47. The van der Waals surface area contributed by atoms with E-state index >= 15 is 0 Å². The number of ether oxygens (including phenoxy) is 1. The fourth-order valence-electron chi connectivity index (χ4n) is 1.03. The summed E-state index contributed by atoms with van der Waals surface area (Å²) in [5, 5.41) is -0.0277. The molecule has 1 aromatic carbocycles. The third-order valence-electron chi connectivity index (χ3n) is 1.70. The van der Waals surface area contributed by atoms with Gasteiger partial charge in [-0.2, -0.15) is 0 Å². The molecule has 0 bridgehead atoms. The zero-order chi connectivity index (χ0) is 12.1. The van der Waals surface area contributed by atoms with Crippen molar-refractivity contribution in [2.24, 2.45) is 0 Å². The monoisotopic (exact) mass is 262 g/mol. The second-order valence-corrected chi connectivity index (χ2v) is 3.67. The maximum Gasteiger partial charge on any atom is 0.330 e. The number of rotatable bonds is 3. The lowest BCUT2D eigenvalue weighted by Gasteiger charge is -2.00. The molecule has 16 heavy (non-hydrogen) atoms. The van der Waals surface area contributed by atoms with E-state index in [1.807, 2.05) is 0 Å². The third kappa shape index (κ3) is 3.51. The molecule has 0 aliphatic heterocycles. The van der Waals surface area contributed by atoms with E-state index in [1.54, 1.807) is 6.92 Å². The lowest BCUT2D eigenvalue weighted by Crippen LogP contribution is -1.98. The molecule has 1 rings (SSSR count). The van der Waals surface area contributed by atoms with Crippen molar-refractivity contribution in [1.29, 1.82) is 0 Å². The van der Waals surface area contributed by atoms with Crippen LogP contribution in [-0.4, -0.2) is 12.6 Å². The SMILES string of the molecule is CCOC(=O)C=Cc1cc(F)c(Cl)c(Cl)c1. The minimum atomic E-state index is -0.627. The summed E-state index contributed by atoms with van der Waals surface area (Å²) in [6.45, 7) is 1.99. The van der Waals surface area contributed by atoms with E-state index in [2.05, 4.69) is 4.74 Å². The Balaban J connectivity index is 2.86. The van der Waals surface area contributed by atoms with Crippen LogP contribution in [0, 0.1) is 5.82 Å². The third-order valence-corrected chi connectivity index (χ3v) is 2.48. The number of esters is 1. The van der Waals surface area contributed by atoms with Crippen molar-refractivity contribution in [2.75, 3.05) is 6.61 Å². The van der Waals surface area contributed by atoms with Gasteiger partial charge in [0.1, 0.15) is 5.82 Å². The molecule has 0 N–H and O–H groups in total. The molecular weight excluding hydrogens is 254 g/mol. The average Bonchev–Trinajstić information content (AvgIpc) is 2.23. The smallest absolute Gasteiger partial charge is 0.330 e. The highest BCUT2D eigenvalue weighted by Gasteiger charge is 2.05. The van der Waals surface area contributed by atoms with Crippen LogP contribution >= 0.6 is 23.2 Å². The first kappa shape index (κ1) is 13.0. The van der Waals surface area contributed by atoms with Crippen LogP contribution in [0.25, 0.3) is 6.08 Å². The van der Waals surface area contributed by atoms with Crippen molar-refractivity contribution in [3.05, 3.63) is 39.6 Å². The first-order valence-electron chi connectivity index (χ1n) is 4.54. The lowest BCUT2D eigenvalue weighted by molar-refractivity contribution is -0.137. The molecule has 0 aliphatic rings. The highest BCUT2D eigenvalue weighted by molar-refractivity contribution is 6.42. The van der Waals surface area contributed by atoms with Crippen molar-refractivity contribution < 1.29 is 13.9 Å². The molecule has 0 unspecified atom stereocenters. The van der Waals surface area contributed by atoms with E-state index in [0.717, 1.165) is 0 Å². The zero-order valence-corrected chi connectivity index (χ0v) is 9.98. The molecular formula is C11H9Cl2FO2. The van der Waals surface area contributed by atoms with Crippen molar-refractivity contribution in [3.8, 4) is 0 Å². The summed E-state index contributed by atoms with van der Waals surface area (Å²) in [6.07, 6.45) is 2.60. The van der Waals surface area contributed by atoms with E-state index in [1.165, 1.54) is 24.3 Å². The summed E-state index contributed by atoms with van der Waals surface area (Å²) >= 11 is 11.2. The lowest BCUT2D eigenvalue weighted by atomic mass is 10.2. The molecule has 0 atom stereocenters. The number of carbonyl (C=O) groups is 1. The van der Waals surface area contributed by atoms with E-state index in [0.29, 0.717) is 12.2 Å². The van der Waals surface area contributed by atoms with Crippen LogP contribution in [0.15, 0.2) is 18.2 Å². The Kier molecular flexibility index (Phi) is 4.77. The van der Waals surface area contributed by atoms with Gasteiger partial charge in [-0.15, -0.1) is 0 Å². The first-order chi connectivity index (χ1) is 7.54. The van der Waals surface area contributed by atoms with E-state index in [4.69, 9.17) is 23.2 Å². The molecule has 0 saturated carbocycles. The number of hydrogen-bond donors (Lipinski definition) is 0. The van der Waals surface area contributed by atoms with Gasteiger partial charge >= 0.3 is 5.97 Å². The fourth-order valence-corrected chi connectivity index (χ4v) is 1.35. The molecule has 1 aromatic rings. The van der Waals surface area contributed by atoms with Gasteiger partial charge in [-0.1, -0.05) is 23.2 Å². The summed E-state index contributed by atoms with van der Waals surface area (Å²) in [7, 11) is 0. The van der Waals surface area contributed by atoms with E-state index in [-0.39, 0.29) is 10.0 Å². The molecule has 0 heterocycles. The Morgan fingerprint density at radius 3 is 2.75 bits per heavy atom. The van der Waals surface area contributed by atoms with E-state index in [9.17, 15) is 9.18 Å². The Labute approximate surface area is 103 Å². The van der Waals surface area contributed by atoms with E-state index < -0.39 is 11.8 Å². The average molecular weight is 263 g/mol. The molecule has 0 amide bonds. The second kappa shape index (κ2) is 5.87. The number of carbonyl (C=O) groups excluding carboxylic acids is 1. The standard InChI is InChI=1S/C11H9Cl2FO2/c1-2-16-10(15)4-3-7-5-8(12)11(13)9(14)6-7/h3-6H,2H2,1H3. The number of benzene rings is 1. The molecule has 0 aliphatic carbocycles. The summed E-state index contributed by atoms with van der Waals surface area (Å²) in [4.78, 5) is 11.0. The number of halogens is 3. The molecule has 5 heteroatoms. The topological polar surface area (TPSA) is 26.3 Å².